The number of hydrogen-bond donors (Lipinski definition) is 1. The highest BCUT2D eigenvalue weighted by atomic mass is 16.5. The van der Waals surface area contributed by atoms with Gasteiger partial charge in [0.1, 0.15) is 0 Å². The number of para-hydroxylation sites is 1. The lowest BCUT2D eigenvalue weighted by molar-refractivity contribution is -0.118. The maximum absolute atomic E-state index is 13.2. The standard InChI is InChI=1S/C18H23N3O3/c1-20-9-3-7-14(20)15-8-4-10-21(15)18(23)12-5-2-6-13-17(12)24-11-16(22)19-13/h2,5-6,14-15H,3-4,7-11H2,1H3,(H,19,22)/t14-,15+/m0/s1. The SMILES string of the molecule is CN1CCC[C@H]1[C@H]1CCCN1C(=O)c1cccc2c1OCC(=O)N2. The molecule has 128 valence electrons. The molecule has 1 aromatic rings. The number of nitrogens with one attached hydrogen (secondary N) is 1. The van der Waals surface area contributed by atoms with Crippen LogP contribution < -0.4 is 10.1 Å². The first-order valence-electron chi connectivity index (χ1n) is 8.72. The fraction of sp³-hybridized carbons (Fsp3) is 0.556. The largest absolute Gasteiger partial charge is 0.481 e. The molecule has 0 spiro atoms. The number of carbonyl (C=O) groups is 2. The molecule has 2 amide bonds. The van der Waals surface area contributed by atoms with E-state index in [1.165, 1.54) is 6.42 Å². The molecule has 2 atom stereocenters. The number of ether oxygens (including phenoxy) is 1. The van der Waals surface area contributed by atoms with Gasteiger partial charge in [0.15, 0.2) is 12.4 Å². The summed E-state index contributed by atoms with van der Waals surface area (Å²) in [7, 11) is 2.15. The molecule has 0 unspecified atom stereocenters. The van der Waals surface area contributed by atoms with Gasteiger partial charge in [0, 0.05) is 18.6 Å². The van der Waals surface area contributed by atoms with E-state index in [1.54, 1.807) is 18.2 Å². The number of hydrogen-bond acceptors (Lipinski definition) is 4. The van der Waals surface area contributed by atoms with Crippen LogP contribution >= 0.6 is 0 Å². The Morgan fingerprint density at radius 1 is 1.21 bits per heavy atom. The van der Waals surface area contributed by atoms with Crippen molar-refractivity contribution >= 4 is 17.5 Å². The van der Waals surface area contributed by atoms with E-state index in [0.717, 1.165) is 32.4 Å². The lowest BCUT2D eigenvalue weighted by Crippen LogP contribution is -2.47. The van der Waals surface area contributed by atoms with Crippen LogP contribution in [0.2, 0.25) is 0 Å². The highest BCUT2D eigenvalue weighted by Crippen LogP contribution is 2.35. The average Bonchev–Trinajstić information content (AvgIpc) is 3.21. The highest BCUT2D eigenvalue weighted by Gasteiger charge is 2.39. The van der Waals surface area contributed by atoms with Gasteiger partial charge in [-0.05, 0) is 51.4 Å². The summed E-state index contributed by atoms with van der Waals surface area (Å²) in [5.74, 6) is 0.344. The molecular formula is C18H23N3O3. The zero-order chi connectivity index (χ0) is 16.7. The lowest BCUT2D eigenvalue weighted by Gasteiger charge is -2.34. The maximum atomic E-state index is 13.2. The Labute approximate surface area is 141 Å². The third-order valence-corrected chi connectivity index (χ3v) is 5.45. The number of anilines is 1. The zero-order valence-electron chi connectivity index (χ0n) is 14.0. The first-order chi connectivity index (χ1) is 11.6. The van der Waals surface area contributed by atoms with Gasteiger partial charge in [-0.2, -0.15) is 0 Å². The van der Waals surface area contributed by atoms with Crippen molar-refractivity contribution in [1.82, 2.24) is 9.80 Å². The van der Waals surface area contributed by atoms with Crippen LogP contribution in [0.1, 0.15) is 36.0 Å². The Hall–Kier alpha value is -2.08. The van der Waals surface area contributed by atoms with E-state index in [1.807, 2.05) is 4.90 Å². The van der Waals surface area contributed by atoms with Crippen LogP contribution in [0, 0.1) is 0 Å². The molecule has 0 radical (unpaired) electrons. The van der Waals surface area contributed by atoms with E-state index in [-0.39, 0.29) is 24.5 Å². The summed E-state index contributed by atoms with van der Waals surface area (Å²) in [6.07, 6.45) is 4.47. The van der Waals surface area contributed by atoms with Crippen LogP contribution in [0.25, 0.3) is 0 Å². The molecule has 0 saturated carbocycles. The molecule has 0 bridgehead atoms. The second-order valence-electron chi connectivity index (χ2n) is 6.92. The molecule has 6 nitrogen and oxygen atoms in total. The van der Waals surface area contributed by atoms with Crippen LogP contribution in [0.3, 0.4) is 0 Å². The Kier molecular flexibility index (Phi) is 3.92. The molecule has 3 heterocycles. The fourth-order valence-corrected chi connectivity index (χ4v) is 4.30. The van der Waals surface area contributed by atoms with Crippen LogP contribution in [-0.2, 0) is 4.79 Å². The van der Waals surface area contributed by atoms with Gasteiger partial charge in [-0.25, -0.2) is 0 Å². The lowest BCUT2D eigenvalue weighted by atomic mass is 10.0. The number of likely N-dealkylation sites (tertiary alicyclic amines) is 2. The summed E-state index contributed by atoms with van der Waals surface area (Å²) in [6.45, 7) is 1.87. The smallest absolute Gasteiger partial charge is 0.262 e. The summed E-state index contributed by atoms with van der Waals surface area (Å²) in [4.78, 5) is 29.1. The number of carbonyl (C=O) groups excluding carboxylic acids is 2. The summed E-state index contributed by atoms with van der Waals surface area (Å²) < 4.78 is 5.56. The highest BCUT2D eigenvalue weighted by molar-refractivity contribution is 6.03. The van der Waals surface area contributed by atoms with Gasteiger partial charge in [-0.15, -0.1) is 0 Å². The van der Waals surface area contributed by atoms with Gasteiger partial charge < -0.3 is 19.9 Å². The van der Waals surface area contributed by atoms with Crippen molar-refractivity contribution in [1.29, 1.82) is 0 Å². The van der Waals surface area contributed by atoms with Crippen molar-refractivity contribution in [2.45, 2.75) is 37.8 Å². The van der Waals surface area contributed by atoms with Crippen molar-refractivity contribution in [3.8, 4) is 5.75 Å². The minimum absolute atomic E-state index is 0.0193. The number of benzene rings is 1. The molecule has 2 fully saturated rings. The molecule has 0 aromatic heterocycles. The van der Waals surface area contributed by atoms with Crippen molar-refractivity contribution in [3.05, 3.63) is 23.8 Å². The van der Waals surface area contributed by atoms with Crippen molar-refractivity contribution in [2.75, 3.05) is 32.1 Å². The summed E-state index contributed by atoms with van der Waals surface area (Å²) in [6, 6.07) is 6.10. The molecule has 1 N–H and O–H groups in total. The van der Waals surface area contributed by atoms with Crippen LogP contribution in [0.4, 0.5) is 5.69 Å². The minimum atomic E-state index is -0.182. The van der Waals surface area contributed by atoms with Crippen LogP contribution in [0.15, 0.2) is 18.2 Å². The van der Waals surface area contributed by atoms with E-state index < -0.39 is 0 Å². The predicted molar refractivity (Wildman–Crippen MR) is 90.3 cm³/mol. The summed E-state index contributed by atoms with van der Waals surface area (Å²) in [5, 5.41) is 2.78. The second kappa shape index (κ2) is 6.09. The fourth-order valence-electron chi connectivity index (χ4n) is 4.30. The molecule has 3 aliphatic heterocycles. The maximum Gasteiger partial charge on any atom is 0.262 e. The Balaban J connectivity index is 1.62. The summed E-state index contributed by atoms with van der Waals surface area (Å²) in [5.41, 5.74) is 1.14. The molecule has 24 heavy (non-hydrogen) atoms. The minimum Gasteiger partial charge on any atom is -0.481 e. The molecule has 2 saturated heterocycles. The monoisotopic (exact) mass is 329 g/mol. The number of likely N-dealkylation sites (N-methyl/N-ethyl adjacent to an activating group) is 1. The Morgan fingerprint density at radius 2 is 2.00 bits per heavy atom. The number of fused-ring (bicyclic) bond motifs is 1. The molecule has 0 aliphatic carbocycles. The van der Waals surface area contributed by atoms with Crippen molar-refractivity contribution < 1.29 is 14.3 Å². The van der Waals surface area contributed by atoms with Gasteiger partial charge in [0.05, 0.1) is 11.3 Å². The third-order valence-electron chi connectivity index (χ3n) is 5.45. The van der Waals surface area contributed by atoms with Gasteiger partial charge >= 0.3 is 0 Å². The van der Waals surface area contributed by atoms with Gasteiger partial charge in [-0.3, -0.25) is 9.59 Å². The van der Waals surface area contributed by atoms with Crippen LogP contribution in [0.5, 0.6) is 5.75 Å². The number of amides is 2. The molecule has 3 aliphatic rings. The second-order valence-corrected chi connectivity index (χ2v) is 6.92. The quantitative estimate of drug-likeness (QED) is 0.897. The van der Waals surface area contributed by atoms with E-state index >= 15 is 0 Å². The third kappa shape index (κ3) is 2.55. The van der Waals surface area contributed by atoms with Crippen molar-refractivity contribution in [2.24, 2.45) is 0 Å². The van der Waals surface area contributed by atoms with E-state index in [0.29, 0.717) is 23.0 Å². The van der Waals surface area contributed by atoms with Gasteiger partial charge in [-0.1, -0.05) is 6.07 Å². The predicted octanol–water partition coefficient (Wildman–Crippen LogP) is 1.72. The molecular weight excluding hydrogens is 306 g/mol. The van der Waals surface area contributed by atoms with E-state index in [9.17, 15) is 9.59 Å². The number of nitrogens with zero attached hydrogens (tertiary/aromatic N) is 2. The first kappa shape index (κ1) is 15.4. The molecule has 1 aromatic carbocycles. The Morgan fingerprint density at radius 3 is 2.79 bits per heavy atom. The Bertz CT molecular complexity index is 675. The molecule has 6 heteroatoms. The topological polar surface area (TPSA) is 61.9 Å². The normalized spacial score (nSPS) is 26.9. The van der Waals surface area contributed by atoms with Gasteiger partial charge in [0.2, 0.25) is 0 Å². The zero-order valence-corrected chi connectivity index (χ0v) is 14.0. The van der Waals surface area contributed by atoms with Crippen LogP contribution in [-0.4, -0.2) is 60.4 Å². The number of rotatable bonds is 2. The average molecular weight is 329 g/mol. The molecule has 4 rings (SSSR count). The van der Waals surface area contributed by atoms with E-state index in [2.05, 4.69) is 17.3 Å². The van der Waals surface area contributed by atoms with Gasteiger partial charge in [0.25, 0.3) is 11.8 Å². The summed E-state index contributed by atoms with van der Waals surface area (Å²) >= 11 is 0. The van der Waals surface area contributed by atoms with Crippen molar-refractivity contribution in [3.63, 3.8) is 0 Å². The van der Waals surface area contributed by atoms with E-state index in [4.69, 9.17) is 4.74 Å². The first-order valence-corrected chi connectivity index (χ1v) is 8.72.